The van der Waals surface area contributed by atoms with Gasteiger partial charge in [0.2, 0.25) is 0 Å². The SMILES string of the molecule is Cc1ncsc1-c1ccc([C@H](C)n2cc(O)cc2C(N)=O)cc1. The standard InChI is InChI=1S/C17H17N3O2S/c1-10-16(23-9-19-10)13-5-3-12(4-6-13)11(2)20-8-14(21)7-15(20)17(18)22/h3-9,11,21H,1-2H3,(H2,18,22)/t11-/m0/s1. The van der Waals surface area contributed by atoms with E-state index in [1.54, 1.807) is 15.9 Å². The molecule has 0 bridgehead atoms. The third-order valence-corrected chi connectivity index (χ3v) is 4.88. The van der Waals surface area contributed by atoms with Gasteiger partial charge in [0.15, 0.2) is 0 Å². The molecule has 0 fully saturated rings. The van der Waals surface area contributed by atoms with Crippen LogP contribution in [0.25, 0.3) is 10.4 Å². The van der Waals surface area contributed by atoms with Crippen LogP contribution in [0, 0.1) is 6.92 Å². The van der Waals surface area contributed by atoms with Gasteiger partial charge in [-0.15, -0.1) is 11.3 Å². The van der Waals surface area contributed by atoms with Gasteiger partial charge in [-0.2, -0.15) is 0 Å². The molecule has 1 atom stereocenters. The van der Waals surface area contributed by atoms with Crippen LogP contribution in [0.15, 0.2) is 42.0 Å². The van der Waals surface area contributed by atoms with Crippen LogP contribution in [0.5, 0.6) is 5.75 Å². The average molecular weight is 327 g/mol. The highest BCUT2D eigenvalue weighted by Gasteiger charge is 2.17. The lowest BCUT2D eigenvalue weighted by Gasteiger charge is -2.17. The second-order valence-corrected chi connectivity index (χ2v) is 6.27. The van der Waals surface area contributed by atoms with Crippen molar-refractivity contribution in [2.24, 2.45) is 5.73 Å². The van der Waals surface area contributed by atoms with E-state index in [-0.39, 0.29) is 17.5 Å². The maximum absolute atomic E-state index is 11.5. The number of primary amides is 1. The number of rotatable bonds is 4. The molecule has 0 spiro atoms. The molecule has 0 saturated heterocycles. The molecule has 0 aliphatic heterocycles. The molecule has 2 aromatic heterocycles. The van der Waals surface area contributed by atoms with Gasteiger partial charge in [-0.05, 0) is 25.0 Å². The van der Waals surface area contributed by atoms with Gasteiger partial charge in [0.1, 0.15) is 11.4 Å². The van der Waals surface area contributed by atoms with Gasteiger partial charge in [-0.1, -0.05) is 24.3 Å². The molecule has 6 heteroatoms. The molecule has 1 amide bonds. The van der Waals surface area contributed by atoms with Gasteiger partial charge in [0, 0.05) is 12.3 Å². The van der Waals surface area contributed by atoms with Gasteiger partial charge in [0.05, 0.1) is 22.1 Å². The van der Waals surface area contributed by atoms with Crippen molar-refractivity contribution in [3.63, 3.8) is 0 Å². The summed E-state index contributed by atoms with van der Waals surface area (Å²) in [5.74, 6) is -0.531. The van der Waals surface area contributed by atoms with Crippen molar-refractivity contribution < 1.29 is 9.90 Å². The van der Waals surface area contributed by atoms with Crippen molar-refractivity contribution in [3.8, 4) is 16.2 Å². The quantitative estimate of drug-likeness (QED) is 0.771. The zero-order valence-electron chi connectivity index (χ0n) is 12.9. The number of nitrogens with zero attached hydrogens (tertiary/aromatic N) is 2. The highest BCUT2D eigenvalue weighted by molar-refractivity contribution is 7.13. The van der Waals surface area contributed by atoms with Crippen LogP contribution >= 0.6 is 11.3 Å². The van der Waals surface area contributed by atoms with E-state index in [9.17, 15) is 9.90 Å². The molecule has 0 aliphatic rings. The van der Waals surface area contributed by atoms with E-state index in [2.05, 4.69) is 4.98 Å². The molecule has 3 rings (SSSR count). The number of amides is 1. The van der Waals surface area contributed by atoms with E-state index in [0.29, 0.717) is 0 Å². The Balaban J connectivity index is 1.93. The number of hydrogen-bond donors (Lipinski definition) is 2. The van der Waals surface area contributed by atoms with Crippen molar-refractivity contribution >= 4 is 17.2 Å². The normalized spacial score (nSPS) is 12.3. The average Bonchev–Trinajstić information content (AvgIpc) is 3.12. The fourth-order valence-corrected chi connectivity index (χ4v) is 3.45. The Kier molecular flexibility index (Phi) is 3.92. The lowest BCUT2D eigenvalue weighted by Crippen LogP contribution is -2.19. The Morgan fingerprint density at radius 1 is 1.35 bits per heavy atom. The monoisotopic (exact) mass is 327 g/mol. The lowest BCUT2D eigenvalue weighted by molar-refractivity contribution is 0.0990. The summed E-state index contributed by atoms with van der Waals surface area (Å²) >= 11 is 1.61. The van der Waals surface area contributed by atoms with Gasteiger partial charge >= 0.3 is 0 Å². The molecule has 3 N–H and O–H groups in total. The fraction of sp³-hybridized carbons (Fsp3) is 0.176. The molecule has 5 nitrogen and oxygen atoms in total. The first-order valence-electron chi connectivity index (χ1n) is 7.18. The molecule has 1 aromatic carbocycles. The minimum Gasteiger partial charge on any atom is -0.506 e. The molecule has 0 unspecified atom stereocenters. The number of benzene rings is 1. The molecule has 2 heterocycles. The number of aromatic hydroxyl groups is 1. The maximum atomic E-state index is 11.5. The van der Waals surface area contributed by atoms with Crippen LogP contribution in [-0.4, -0.2) is 20.6 Å². The number of carbonyl (C=O) groups excluding carboxylic acids is 1. The topological polar surface area (TPSA) is 81.1 Å². The van der Waals surface area contributed by atoms with Gasteiger partial charge in [-0.25, -0.2) is 4.98 Å². The summed E-state index contributed by atoms with van der Waals surface area (Å²) in [6.07, 6.45) is 1.52. The maximum Gasteiger partial charge on any atom is 0.265 e. The van der Waals surface area contributed by atoms with E-state index in [1.807, 2.05) is 43.6 Å². The zero-order chi connectivity index (χ0) is 16.6. The van der Waals surface area contributed by atoms with Crippen LogP contribution in [0.1, 0.15) is 34.7 Å². The van der Waals surface area contributed by atoms with E-state index < -0.39 is 5.91 Å². The molecular formula is C17H17N3O2S. The number of thiazole rings is 1. The van der Waals surface area contributed by atoms with Crippen LogP contribution < -0.4 is 5.73 Å². The second-order valence-electron chi connectivity index (χ2n) is 5.42. The summed E-state index contributed by atoms with van der Waals surface area (Å²) in [6.45, 7) is 3.95. The Hall–Kier alpha value is -2.60. The smallest absolute Gasteiger partial charge is 0.265 e. The lowest BCUT2D eigenvalue weighted by atomic mass is 10.0. The summed E-state index contributed by atoms with van der Waals surface area (Å²) in [5, 5.41) is 9.64. The van der Waals surface area contributed by atoms with Crippen LogP contribution in [-0.2, 0) is 0 Å². The van der Waals surface area contributed by atoms with Gasteiger partial charge in [-0.3, -0.25) is 4.79 Å². The third-order valence-electron chi connectivity index (χ3n) is 3.90. The first-order valence-corrected chi connectivity index (χ1v) is 8.06. The molecule has 23 heavy (non-hydrogen) atoms. The van der Waals surface area contributed by atoms with E-state index in [0.717, 1.165) is 21.7 Å². The summed E-state index contributed by atoms with van der Waals surface area (Å²) in [6, 6.07) is 9.38. The van der Waals surface area contributed by atoms with Crippen LogP contribution in [0.4, 0.5) is 0 Å². The molecule has 118 valence electrons. The predicted octanol–water partition coefficient (Wildman–Crippen LogP) is 3.33. The van der Waals surface area contributed by atoms with E-state index in [1.165, 1.54) is 12.3 Å². The molecule has 3 aromatic rings. The van der Waals surface area contributed by atoms with E-state index in [4.69, 9.17) is 5.73 Å². The Morgan fingerprint density at radius 3 is 2.61 bits per heavy atom. The zero-order valence-corrected chi connectivity index (χ0v) is 13.7. The van der Waals surface area contributed by atoms with Crippen molar-refractivity contribution in [1.82, 2.24) is 9.55 Å². The number of hydrogen-bond acceptors (Lipinski definition) is 4. The minimum atomic E-state index is -0.561. The van der Waals surface area contributed by atoms with Crippen molar-refractivity contribution in [1.29, 1.82) is 0 Å². The van der Waals surface area contributed by atoms with E-state index >= 15 is 0 Å². The minimum absolute atomic E-state index is 0.0301. The Labute approximate surface area is 138 Å². The molecule has 0 saturated carbocycles. The fourth-order valence-electron chi connectivity index (χ4n) is 2.64. The molecular weight excluding hydrogens is 310 g/mol. The first-order chi connectivity index (χ1) is 11.0. The predicted molar refractivity (Wildman–Crippen MR) is 90.7 cm³/mol. The number of nitrogens with two attached hydrogens (primary N) is 1. The summed E-state index contributed by atoms with van der Waals surface area (Å²) < 4.78 is 1.69. The molecule has 0 radical (unpaired) electrons. The van der Waals surface area contributed by atoms with Gasteiger partial charge in [0.25, 0.3) is 5.91 Å². The van der Waals surface area contributed by atoms with Crippen LogP contribution in [0.2, 0.25) is 0 Å². The Morgan fingerprint density at radius 2 is 2.04 bits per heavy atom. The summed E-state index contributed by atoms with van der Waals surface area (Å²) in [7, 11) is 0. The first kappa shape index (κ1) is 15.3. The largest absolute Gasteiger partial charge is 0.506 e. The number of carbonyl (C=O) groups is 1. The summed E-state index contributed by atoms with van der Waals surface area (Å²) in [4.78, 5) is 16.9. The van der Waals surface area contributed by atoms with Crippen molar-refractivity contribution in [2.75, 3.05) is 0 Å². The van der Waals surface area contributed by atoms with Crippen molar-refractivity contribution in [2.45, 2.75) is 19.9 Å². The van der Waals surface area contributed by atoms with Gasteiger partial charge < -0.3 is 15.4 Å². The summed E-state index contributed by atoms with van der Waals surface area (Å²) in [5.41, 5.74) is 10.7. The Bertz CT molecular complexity index is 849. The second kappa shape index (κ2) is 5.89. The molecule has 0 aliphatic carbocycles. The highest BCUT2D eigenvalue weighted by atomic mass is 32.1. The number of aryl methyl sites for hydroxylation is 1. The van der Waals surface area contributed by atoms with Crippen LogP contribution in [0.3, 0.4) is 0 Å². The van der Waals surface area contributed by atoms with Crippen molar-refractivity contribution in [3.05, 3.63) is 59.0 Å². The third kappa shape index (κ3) is 2.85. The number of aromatic nitrogens is 2. The highest BCUT2D eigenvalue weighted by Crippen LogP contribution is 2.30.